The minimum absolute atomic E-state index is 0.00543. The molecule has 0 aromatic heterocycles. The fraction of sp³-hybridized carbons (Fsp3) is 0.514. The number of rotatable bonds is 5. The molecule has 5 amide bonds. The molecule has 0 bridgehead atoms. The quantitative estimate of drug-likeness (QED) is 0.336. The molecular weight excluding hydrogens is 603 g/mol. The second-order valence-corrected chi connectivity index (χ2v) is 13.1. The van der Waals surface area contributed by atoms with Crippen molar-refractivity contribution in [2.24, 2.45) is 11.8 Å². The summed E-state index contributed by atoms with van der Waals surface area (Å²) in [5.74, 6) is -2.89. The zero-order valence-electron chi connectivity index (χ0n) is 27.6. The first-order valence-electron chi connectivity index (χ1n) is 16.5. The molecule has 2 aliphatic rings. The van der Waals surface area contributed by atoms with Gasteiger partial charge in [0.15, 0.2) is 0 Å². The Kier molecular flexibility index (Phi) is 12.3. The summed E-state index contributed by atoms with van der Waals surface area (Å²) in [5.41, 5.74) is 2.25. The average molecular weight is 651 g/mol. The highest BCUT2D eigenvalue weighted by Crippen LogP contribution is 2.21. The smallest absolute Gasteiger partial charge is 0.246 e. The molecular formula is C35H47FN6O5. The molecule has 47 heavy (non-hydrogen) atoms. The lowest BCUT2D eigenvalue weighted by atomic mass is 9.98. The van der Waals surface area contributed by atoms with Crippen LogP contribution in [0.2, 0.25) is 0 Å². The highest BCUT2D eigenvalue weighted by atomic mass is 19.1. The zero-order valence-corrected chi connectivity index (χ0v) is 27.6. The Morgan fingerprint density at radius 3 is 2.23 bits per heavy atom. The average Bonchev–Trinajstić information content (AvgIpc) is 3.52. The van der Waals surface area contributed by atoms with E-state index in [1.165, 1.54) is 17.0 Å². The molecule has 2 aliphatic heterocycles. The van der Waals surface area contributed by atoms with Crippen molar-refractivity contribution in [3.63, 3.8) is 0 Å². The Hall–Kier alpha value is -4.48. The molecule has 2 aromatic rings. The van der Waals surface area contributed by atoms with Crippen molar-refractivity contribution < 1.29 is 28.4 Å². The first-order chi connectivity index (χ1) is 22.4. The molecule has 0 radical (unpaired) electrons. The van der Waals surface area contributed by atoms with E-state index in [-0.39, 0.29) is 37.1 Å². The number of nitrogens with one attached hydrogen (secondary N) is 5. The summed E-state index contributed by atoms with van der Waals surface area (Å²) in [6.45, 7) is 8.02. The Balaban J connectivity index is 1.68. The molecule has 11 nitrogen and oxygen atoms in total. The maximum absolute atomic E-state index is 14.1. The van der Waals surface area contributed by atoms with Gasteiger partial charge in [-0.15, -0.1) is 0 Å². The maximum Gasteiger partial charge on any atom is 0.246 e. The van der Waals surface area contributed by atoms with Crippen LogP contribution in [0.4, 0.5) is 10.1 Å². The summed E-state index contributed by atoms with van der Waals surface area (Å²) in [4.78, 5) is 69.5. The van der Waals surface area contributed by atoms with Gasteiger partial charge < -0.3 is 31.5 Å². The van der Waals surface area contributed by atoms with Crippen molar-refractivity contribution in [2.45, 2.75) is 84.0 Å². The largest absolute Gasteiger partial charge is 0.376 e. The molecule has 1 saturated heterocycles. The molecule has 0 spiro atoms. The number of amides is 5. The molecule has 2 aromatic carbocycles. The molecule has 2 heterocycles. The predicted molar refractivity (Wildman–Crippen MR) is 177 cm³/mol. The van der Waals surface area contributed by atoms with Gasteiger partial charge >= 0.3 is 0 Å². The van der Waals surface area contributed by atoms with E-state index < -0.39 is 53.6 Å². The highest BCUT2D eigenvalue weighted by Gasteiger charge is 2.39. The van der Waals surface area contributed by atoms with Crippen molar-refractivity contribution in [2.75, 3.05) is 25.0 Å². The highest BCUT2D eigenvalue weighted by molar-refractivity contribution is 5.96. The summed E-state index contributed by atoms with van der Waals surface area (Å²) < 4.78 is 13.7. The van der Waals surface area contributed by atoms with E-state index in [9.17, 15) is 28.4 Å². The topological polar surface area (TPSA) is 149 Å². The van der Waals surface area contributed by atoms with E-state index >= 15 is 0 Å². The number of anilines is 1. The van der Waals surface area contributed by atoms with Gasteiger partial charge in [0, 0.05) is 25.2 Å². The standard InChI is InChI=1S/C35H47FN6O5/c1-21(2)18-27-32(44)40-28(19-23-11-13-25(36)14-12-23)35(47)42-17-7-10-29(42)33(45)37-16-15-24-8-5-6-9-26(24)38-20-30(43)41-31(22(3)4)34(46)39-27/h5-6,8-9,11-14,21-22,27-29,31,38H,7,10,15-20H2,1-4H3,(H,37,45)(H,39,46)(H,40,44)(H,41,43)/t27-,28+,29+,31-/m1/s1. The van der Waals surface area contributed by atoms with Crippen molar-refractivity contribution >= 4 is 35.2 Å². The first-order valence-corrected chi connectivity index (χ1v) is 16.5. The second-order valence-electron chi connectivity index (χ2n) is 13.1. The number of carbonyl (C=O) groups excluding carboxylic acids is 5. The fourth-order valence-electron chi connectivity index (χ4n) is 6.08. The molecule has 0 unspecified atom stereocenters. The number of benzene rings is 2. The van der Waals surface area contributed by atoms with Crippen LogP contribution in [0.25, 0.3) is 0 Å². The van der Waals surface area contributed by atoms with Crippen LogP contribution in [0.1, 0.15) is 58.1 Å². The van der Waals surface area contributed by atoms with Gasteiger partial charge in [0.05, 0.1) is 6.54 Å². The van der Waals surface area contributed by atoms with E-state index in [1.54, 1.807) is 26.0 Å². The molecule has 12 heteroatoms. The van der Waals surface area contributed by atoms with E-state index in [4.69, 9.17) is 0 Å². The Bertz CT molecular complexity index is 1430. The molecule has 5 N–H and O–H groups in total. The number of halogens is 1. The van der Waals surface area contributed by atoms with Crippen molar-refractivity contribution in [1.29, 1.82) is 0 Å². The van der Waals surface area contributed by atoms with Gasteiger partial charge in [-0.2, -0.15) is 0 Å². The maximum atomic E-state index is 14.1. The molecule has 1 fully saturated rings. The lowest BCUT2D eigenvalue weighted by Gasteiger charge is -2.31. The van der Waals surface area contributed by atoms with Crippen LogP contribution in [-0.2, 0) is 36.8 Å². The molecule has 0 aliphatic carbocycles. The minimum Gasteiger partial charge on any atom is -0.376 e. The summed E-state index contributed by atoms with van der Waals surface area (Å²) in [6, 6.07) is 9.45. The zero-order chi connectivity index (χ0) is 34.1. The van der Waals surface area contributed by atoms with Gasteiger partial charge in [0.25, 0.3) is 0 Å². The molecule has 254 valence electrons. The van der Waals surface area contributed by atoms with Crippen LogP contribution < -0.4 is 26.6 Å². The van der Waals surface area contributed by atoms with Gasteiger partial charge in [-0.05, 0) is 66.8 Å². The van der Waals surface area contributed by atoms with Crippen LogP contribution in [-0.4, -0.2) is 78.2 Å². The van der Waals surface area contributed by atoms with E-state index in [0.29, 0.717) is 37.9 Å². The Labute approximate surface area is 275 Å². The monoisotopic (exact) mass is 650 g/mol. The minimum atomic E-state index is -1.07. The van der Waals surface area contributed by atoms with Crippen molar-refractivity contribution in [3.05, 3.63) is 65.5 Å². The summed E-state index contributed by atoms with van der Waals surface area (Å²) >= 11 is 0. The number of nitrogens with zero attached hydrogens (tertiary/aromatic N) is 1. The van der Waals surface area contributed by atoms with E-state index in [2.05, 4.69) is 26.6 Å². The van der Waals surface area contributed by atoms with Crippen molar-refractivity contribution in [3.8, 4) is 0 Å². The first kappa shape index (κ1) is 35.4. The molecule has 4 atom stereocenters. The van der Waals surface area contributed by atoms with Crippen LogP contribution in [0.5, 0.6) is 0 Å². The van der Waals surface area contributed by atoms with E-state index in [0.717, 1.165) is 11.3 Å². The van der Waals surface area contributed by atoms with Gasteiger partial charge in [-0.25, -0.2) is 4.39 Å². The van der Waals surface area contributed by atoms with Crippen LogP contribution in [0.3, 0.4) is 0 Å². The third-order valence-electron chi connectivity index (χ3n) is 8.56. The third-order valence-corrected chi connectivity index (χ3v) is 8.56. The van der Waals surface area contributed by atoms with Crippen LogP contribution in [0.15, 0.2) is 48.5 Å². The summed E-state index contributed by atoms with van der Waals surface area (Å²) in [6.07, 6.45) is 1.92. The number of hydrogen-bond donors (Lipinski definition) is 5. The van der Waals surface area contributed by atoms with Crippen molar-refractivity contribution in [1.82, 2.24) is 26.2 Å². The molecule has 0 saturated carbocycles. The van der Waals surface area contributed by atoms with Gasteiger partial charge in [0.1, 0.15) is 30.0 Å². The normalized spacial score (nSPS) is 23.6. The third kappa shape index (κ3) is 9.76. The fourth-order valence-corrected chi connectivity index (χ4v) is 6.08. The lowest BCUT2D eigenvalue weighted by molar-refractivity contribution is -0.142. The summed E-state index contributed by atoms with van der Waals surface area (Å²) in [7, 11) is 0. The Morgan fingerprint density at radius 1 is 0.830 bits per heavy atom. The number of para-hydroxylation sites is 1. The SMILES string of the molecule is CC(C)C[C@H]1NC(=O)[C@@H](C(C)C)NC(=O)CNc2ccccc2CCNC(=O)[C@@H]2CCCN2C(=O)[C@H](Cc2ccc(F)cc2)NC1=O. The number of hydrogen-bond acceptors (Lipinski definition) is 6. The number of fused-ring (bicyclic) bond motifs is 2. The Morgan fingerprint density at radius 2 is 1.53 bits per heavy atom. The lowest BCUT2D eigenvalue weighted by Crippen LogP contribution is -2.59. The predicted octanol–water partition coefficient (Wildman–Crippen LogP) is 2.30. The molecule has 4 rings (SSSR count). The summed E-state index contributed by atoms with van der Waals surface area (Å²) in [5, 5.41) is 14.6. The number of carbonyl (C=O) groups is 5. The van der Waals surface area contributed by atoms with Crippen LogP contribution in [0, 0.1) is 17.7 Å². The second kappa shape index (κ2) is 16.4. The van der Waals surface area contributed by atoms with Gasteiger partial charge in [-0.3, -0.25) is 24.0 Å². The van der Waals surface area contributed by atoms with Gasteiger partial charge in [-0.1, -0.05) is 58.0 Å². The van der Waals surface area contributed by atoms with E-state index in [1.807, 2.05) is 38.1 Å². The van der Waals surface area contributed by atoms with Gasteiger partial charge in [0.2, 0.25) is 29.5 Å². The van der Waals surface area contributed by atoms with Crippen LogP contribution >= 0.6 is 0 Å².